The average molecular weight is 722 g/mol. The number of hydrogen-bond acceptors (Lipinski definition) is 8. The van der Waals surface area contributed by atoms with Gasteiger partial charge in [-0.15, -0.1) is 0 Å². The van der Waals surface area contributed by atoms with Gasteiger partial charge in [0.05, 0.1) is 6.54 Å². The topological polar surface area (TPSA) is 183 Å². The number of rotatable bonds is 25. The molecular formula is C37H63N5O7S. The van der Waals surface area contributed by atoms with E-state index in [2.05, 4.69) is 40.4 Å². The van der Waals surface area contributed by atoms with Crippen LogP contribution in [0, 0.1) is 5.92 Å². The summed E-state index contributed by atoms with van der Waals surface area (Å²) < 4.78 is 0. The van der Waals surface area contributed by atoms with Crippen LogP contribution in [-0.2, 0) is 30.5 Å². The van der Waals surface area contributed by atoms with Gasteiger partial charge < -0.3 is 31.7 Å². The molecule has 6 N–H and O–H groups in total. The molecule has 13 heteroatoms. The Morgan fingerprint density at radius 2 is 1.42 bits per heavy atom. The molecule has 3 unspecified atom stereocenters. The summed E-state index contributed by atoms with van der Waals surface area (Å²) in [5.41, 5.74) is 1.44. The van der Waals surface area contributed by atoms with E-state index in [1.165, 1.54) is 18.2 Å². The van der Waals surface area contributed by atoms with Gasteiger partial charge in [0.25, 0.3) is 5.91 Å². The van der Waals surface area contributed by atoms with Gasteiger partial charge in [-0.25, -0.2) is 4.79 Å². The maximum Gasteiger partial charge on any atom is 0.326 e. The first-order chi connectivity index (χ1) is 23.8. The van der Waals surface area contributed by atoms with Crippen LogP contribution in [0.4, 0.5) is 0 Å². The lowest BCUT2D eigenvalue weighted by Crippen LogP contribution is -2.51. The number of carboxylic acids is 1. The van der Waals surface area contributed by atoms with E-state index in [9.17, 15) is 33.9 Å². The zero-order chi connectivity index (χ0) is 37.9. The molecule has 0 aliphatic rings. The second-order valence-electron chi connectivity index (χ2n) is 12.8. The quantitative estimate of drug-likeness (QED) is 0.0787. The fraction of sp³-hybridized carbons (Fsp3) is 0.676. The van der Waals surface area contributed by atoms with Crippen LogP contribution < -0.4 is 26.6 Å². The third-order valence-corrected chi connectivity index (χ3v) is 8.34. The van der Waals surface area contributed by atoms with Crippen molar-refractivity contribution in [3.05, 3.63) is 35.4 Å². The van der Waals surface area contributed by atoms with Crippen molar-refractivity contribution in [2.45, 2.75) is 130 Å². The van der Waals surface area contributed by atoms with Gasteiger partial charge in [0.2, 0.25) is 17.7 Å². The third-order valence-electron chi connectivity index (χ3n) is 7.70. The van der Waals surface area contributed by atoms with Crippen molar-refractivity contribution in [1.82, 2.24) is 26.6 Å². The normalized spacial score (nSPS) is 12.5. The van der Waals surface area contributed by atoms with Crippen LogP contribution in [-0.4, -0.2) is 83.7 Å². The van der Waals surface area contributed by atoms with Gasteiger partial charge in [0.15, 0.2) is 0 Å². The fourth-order valence-electron chi connectivity index (χ4n) is 4.48. The number of carbonyl (C=O) groups is 6. The van der Waals surface area contributed by atoms with Crippen molar-refractivity contribution in [1.29, 1.82) is 0 Å². The molecule has 3 atom stereocenters. The van der Waals surface area contributed by atoms with Crippen molar-refractivity contribution in [3.63, 3.8) is 0 Å². The molecule has 0 aliphatic heterocycles. The van der Waals surface area contributed by atoms with Crippen molar-refractivity contribution in [2.75, 3.05) is 25.1 Å². The SMILES string of the molecule is CCC.CCC(C)C(=O)CCCCC(=O)NCCCCC(NC(=O)CNC(=O)C(CCSC)NC(=O)c1ccc(CNC(C)C)cc1)C(=O)O. The van der Waals surface area contributed by atoms with Crippen LogP contribution in [0.5, 0.6) is 0 Å². The minimum atomic E-state index is -1.20. The van der Waals surface area contributed by atoms with Crippen LogP contribution in [0.1, 0.15) is 122 Å². The first-order valence-electron chi connectivity index (χ1n) is 18.0. The fourth-order valence-corrected chi connectivity index (χ4v) is 4.96. The van der Waals surface area contributed by atoms with Crippen LogP contribution in [0.3, 0.4) is 0 Å². The Labute approximate surface area is 303 Å². The monoisotopic (exact) mass is 721 g/mol. The van der Waals surface area contributed by atoms with Gasteiger partial charge in [-0.05, 0) is 74.7 Å². The molecule has 0 bridgehead atoms. The van der Waals surface area contributed by atoms with E-state index in [0.29, 0.717) is 75.4 Å². The Morgan fingerprint density at radius 1 is 0.780 bits per heavy atom. The van der Waals surface area contributed by atoms with Crippen molar-refractivity contribution in [2.24, 2.45) is 5.92 Å². The zero-order valence-electron chi connectivity index (χ0n) is 31.3. The van der Waals surface area contributed by atoms with Crippen molar-refractivity contribution < 1.29 is 33.9 Å². The number of thioether (sulfide) groups is 1. The van der Waals surface area contributed by atoms with Crippen molar-refractivity contribution >= 4 is 47.1 Å². The molecule has 50 heavy (non-hydrogen) atoms. The van der Waals surface area contributed by atoms with E-state index in [4.69, 9.17) is 0 Å². The van der Waals surface area contributed by atoms with E-state index in [0.717, 1.165) is 12.0 Å². The highest BCUT2D eigenvalue weighted by atomic mass is 32.2. The van der Waals surface area contributed by atoms with Gasteiger partial charge in [-0.1, -0.05) is 60.1 Å². The minimum absolute atomic E-state index is 0.0513. The first kappa shape index (κ1) is 46.5. The molecule has 0 fully saturated rings. The molecule has 1 rings (SSSR count). The smallest absolute Gasteiger partial charge is 0.326 e. The third kappa shape index (κ3) is 22.3. The molecule has 0 heterocycles. The van der Waals surface area contributed by atoms with Crippen LogP contribution in [0.15, 0.2) is 24.3 Å². The van der Waals surface area contributed by atoms with Gasteiger partial charge in [0.1, 0.15) is 17.9 Å². The standard InChI is InChI=1S/C34H55N5O7S.C3H8/c1-6-24(4)29(40)12-7-8-13-30(41)35-19-10-9-11-28(34(45)46)38-31(42)22-37-33(44)27(18-20-47-5)39-32(43)26-16-14-25(15-17-26)21-36-23(2)3;1-3-2/h14-17,23-24,27-28,36H,6-13,18-22H2,1-5H3,(H,35,41)(H,37,44)(H,38,42)(H,39,43)(H,45,46);3H2,1-2H3. The lowest BCUT2D eigenvalue weighted by atomic mass is 9.99. The largest absolute Gasteiger partial charge is 0.480 e. The first-order valence-corrected chi connectivity index (χ1v) is 19.4. The van der Waals surface area contributed by atoms with Crippen LogP contribution in [0.25, 0.3) is 0 Å². The number of carbonyl (C=O) groups excluding carboxylic acids is 5. The van der Waals surface area contributed by atoms with Crippen molar-refractivity contribution in [3.8, 4) is 0 Å². The molecule has 0 spiro atoms. The molecule has 0 aliphatic carbocycles. The maximum atomic E-state index is 12.9. The summed E-state index contributed by atoms with van der Waals surface area (Å²) in [5, 5.41) is 23.4. The molecular weight excluding hydrogens is 659 g/mol. The summed E-state index contributed by atoms with van der Waals surface area (Å²) in [4.78, 5) is 73.9. The summed E-state index contributed by atoms with van der Waals surface area (Å²) in [5.74, 6) is -2.04. The van der Waals surface area contributed by atoms with Gasteiger partial charge in [-0.2, -0.15) is 11.8 Å². The van der Waals surface area contributed by atoms with E-state index in [-0.39, 0.29) is 24.0 Å². The predicted molar refractivity (Wildman–Crippen MR) is 201 cm³/mol. The number of Topliss-reactive ketones (excluding diaryl/α,β-unsaturated/α-hetero) is 1. The number of benzene rings is 1. The summed E-state index contributed by atoms with van der Waals surface area (Å²) in [7, 11) is 0. The molecule has 0 saturated heterocycles. The number of amides is 4. The second kappa shape index (κ2) is 28.3. The van der Waals surface area contributed by atoms with E-state index < -0.39 is 42.3 Å². The highest BCUT2D eigenvalue weighted by Crippen LogP contribution is 2.10. The molecule has 1 aromatic rings. The summed E-state index contributed by atoms with van der Waals surface area (Å²) >= 11 is 1.52. The molecule has 0 radical (unpaired) electrons. The molecule has 1 aromatic carbocycles. The number of unbranched alkanes of at least 4 members (excludes halogenated alkanes) is 2. The summed E-state index contributed by atoms with van der Waals surface area (Å²) in [6, 6.07) is 5.41. The molecule has 0 aromatic heterocycles. The van der Waals surface area contributed by atoms with Gasteiger partial charge >= 0.3 is 5.97 Å². The number of nitrogens with one attached hydrogen (secondary N) is 5. The molecule has 0 saturated carbocycles. The van der Waals surface area contributed by atoms with E-state index in [1.807, 2.05) is 46.1 Å². The molecule has 12 nitrogen and oxygen atoms in total. The number of ketones is 1. The van der Waals surface area contributed by atoms with Crippen LogP contribution >= 0.6 is 11.8 Å². The summed E-state index contributed by atoms with van der Waals surface area (Å²) in [6.45, 7) is 12.8. The Morgan fingerprint density at radius 3 is 2.00 bits per heavy atom. The number of carboxylic acid groups (broad SMARTS) is 1. The van der Waals surface area contributed by atoms with E-state index >= 15 is 0 Å². The van der Waals surface area contributed by atoms with E-state index in [1.54, 1.807) is 12.1 Å². The Kier molecular flexibility index (Phi) is 26.3. The maximum absolute atomic E-state index is 12.9. The predicted octanol–water partition coefficient (Wildman–Crippen LogP) is 4.60. The zero-order valence-corrected chi connectivity index (χ0v) is 32.1. The van der Waals surface area contributed by atoms with Gasteiger partial charge in [-0.3, -0.25) is 24.0 Å². The second-order valence-corrected chi connectivity index (χ2v) is 13.7. The highest BCUT2D eigenvalue weighted by Gasteiger charge is 2.24. The minimum Gasteiger partial charge on any atom is -0.480 e. The lowest BCUT2D eigenvalue weighted by Gasteiger charge is -2.19. The number of aliphatic carboxylic acids is 1. The summed E-state index contributed by atoms with van der Waals surface area (Å²) in [6.07, 6.45) is 7.56. The Hall–Kier alpha value is -3.45. The Bertz CT molecular complexity index is 1160. The number of hydrogen-bond donors (Lipinski definition) is 6. The highest BCUT2D eigenvalue weighted by molar-refractivity contribution is 7.98. The Balaban J connectivity index is 0.00000770. The molecule has 284 valence electrons. The lowest BCUT2D eigenvalue weighted by molar-refractivity contribution is -0.142. The average Bonchev–Trinajstić information content (AvgIpc) is 3.09. The van der Waals surface area contributed by atoms with Crippen LogP contribution in [0.2, 0.25) is 0 Å². The van der Waals surface area contributed by atoms with Gasteiger partial charge in [0, 0.05) is 43.5 Å². The molecule has 4 amide bonds.